The van der Waals surface area contributed by atoms with Gasteiger partial charge in [0.2, 0.25) is 0 Å². The number of amides is 1. The summed E-state index contributed by atoms with van der Waals surface area (Å²) in [4.78, 5) is 23.6. The van der Waals surface area contributed by atoms with Gasteiger partial charge in [-0.05, 0) is 30.3 Å². The fourth-order valence-electron chi connectivity index (χ4n) is 2.18. The molecule has 0 unspecified atom stereocenters. The third kappa shape index (κ3) is 6.59. The van der Waals surface area contributed by atoms with Crippen molar-refractivity contribution in [3.8, 4) is 17.2 Å². The largest absolute Gasteiger partial charge is 0.497 e. The van der Waals surface area contributed by atoms with Crippen molar-refractivity contribution < 1.29 is 41.7 Å². The Morgan fingerprint density at radius 1 is 0.966 bits per heavy atom. The Hall–Kier alpha value is -3.43. The lowest BCUT2D eigenvalue weighted by Gasteiger charge is -2.12. The van der Waals surface area contributed by atoms with Crippen LogP contribution < -0.4 is 19.5 Å². The predicted octanol–water partition coefficient (Wildman–Crippen LogP) is 3.28. The number of methoxy groups -OCH3 is 2. The molecule has 0 spiro atoms. The van der Waals surface area contributed by atoms with Crippen LogP contribution in [0.1, 0.15) is 5.56 Å². The second-order valence-electron chi connectivity index (χ2n) is 5.59. The van der Waals surface area contributed by atoms with Gasteiger partial charge in [-0.2, -0.15) is 13.2 Å². The van der Waals surface area contributed by atoms with Crippen LogP contribution in [-0.4, -0.2) is 39.3 Å². The van der Waals surface area contributed by atoms with Crippen LogP contribution in [0.15, 0.2) is 42.5 Å². The number of alkyl halides is 3. The zero-order valence-corrected chi connectivity index (χ0v) is 15.5. The fourth-order valence-corrected chi connectivity index (χ4v) is 2.18. The monoisotopic (exact) mass is 413 g/mol. The average molecular weight is 413 g/mol. The summed E-state index contributed by atoms with van der Waals surface area (Å²) in [6.45, 7) is -1.26. The SMILES string of the molecule is COc1ccc(NC(=O)COC(=O)COc2cccc(C(F)(F)F)c2)c(OC)c1. The summed E-state index contributed by atoms with van der Waals surface area (Å²) in [5, 5.41) is 2.50. The van der Waals surface area contributed by atoms with Crippen LogP contribution >= 0.6 is 0 Å². The van der Waals surface area contributed by atoms with Crippen molar-refractivity contribution in [2.75, 3.05) is 32.8 Å². The number of nitrogens with one attached hydrogen (secondary N) is 1. The van der Waals surface area contributed by atoms with Crippen LogP contribution in [0.5, 0.6) is 17.2 Å². The number of rotatable bonds is 8. The summed E-state index contributed by atoms with van der Waals surface area (Å²) in [5.74, 6) is -0.834. The molecule has 0 atom stereocenters. The van der Waals surface area contributed by atoms with E-state index in [1.807, 2.05) is 0 Å². The van der Waals surface area contributed by atoms with E-state index in [9.17, 15) is 22.8 Å². The molecule has 0 saturated heterocycles. The molecule has 0 aliphatic heterocycles. The molecule has 0 radical (unpaired) electrons. The van der Waals surface area contributed by atoms with E-state index in [4.69, 9.17) is 18.9 Å². The minimum atomic E-state index is -4.53. The first kappa shape index (κ1) is 21.9. The zero-order chi connectivity index (χ0) is 21.4. The van der Waals surface area contributed by atoms with Gasteiger partial charge < -0.3 is 24.3 Å². The highest BCUT2D eigenvalue weighted by Crippen LogP contribution is 2.31. The highest BCUT2D eigenvalue weighted by atomic mass is 19.4. The van der Waals surface area contributed by atoms with E-state index in [-0.39, 0.29) is 5.75 Å². The van der Waals surface area contributed by atoms with Gasteiger partial charge in [0.25, 0.3) is 5.91 Å². The number of esters is 1. The lowest BCUT2D eigenvalue weighted by atomic mass is 10.2. The van der Waals surface area contributed by atoms with Gasteiger partial charge in [-0.3, -0.25) is 4.79 Å². The summed E-state index contributed by atoms with van der Waals surface area (Å²) in [6, 6.07) is 8.77. The molecule has 0 aliphatic carbocycles. The molecule has 1 amide bonds. The van der Waals surface area contributed by atoms with E-state index in [2.05, 4.69) is 5.32 Å². The molecule has 29 heavy (non-hydrogen) atoms. The number of halogens is 3. The zero-order valence-electron chi connectivity index (χ0n) is 15.5. The van der Waals surface area contributed by atoms with Crippen LogP contribution in [0.2, 0.25) is 0 Å². The first-order valence-electron chi connectivity index (χ1n) is 8.20. The molecule has 2 rings (SSSR count). The Labute approximate surface area is 164 Å². The molecular weight excluding hydrogens is 395 g/mol. The maximum Gasteiger partial charge on any atom is 0.416 e. The van der Waals surface area contributed by atoms with E-state index in [0.29, 0.717) is 17.2 Å². The standard InChI is InChI=1S/C19H18F3NO6/c1-26-13-6-7-15(16(9-13)27-2)23-17(24)10-29-18(25)11-28-14-5-3-4-12(8-14)19(20,21)22/h3-9H,10-11H2,1-2H3,(H,23,24). The van der Waals surface area contributed by atoms with Gasteiger partial charge in [0.15, 0.2) is 13.2 Å². The quantitative estimate of drug-likeness (QED) is 0.669. The average Bonchev–Trinajstić information content (AvgIpc) is 2.70. The molecule has 0 saturated carbocycles. The Morgan fingerprint density at radius 3 is 2.38 bits per heavy atom. The van der Waals surface area contributed by atoms with Crippen LogP contribution in [0, 0.1) is 0 Å². The molecule has 7 nitrogen and oxygen atoms in total. The van der Waals surface area contributed by atoms with Crippen LogP contribution in [-0.2, 0) is 20.5 Å². The van der Waals surface area contributed by atoms with Crippen molar-refractivity contribution in [1.29, 1.82) is 0 Å². The predicted molar refractivity (Wildman–Crippen MR) is 96.1 cm³/mol. The highest BCUT2D eigenvalue weighted by molar-refractivity contribution is 5.94. The minimum absolute atomic E-state index is 0.149. The number of carbonyl (C=O) groups is 2. The van der Waals surface area contributed by atoms with E-state index in [0.717, 1.165) is 18.2 Å². The first-order valence-corrected chi connectivity index (χ1v) is 8.20. The summed E-state index contributed by atoms with van der Waals surface area (Å²) >= 11 is 0. The van der Waals surface area contributed by atoms with Gasteiger partial charge in [-0.1, -0.05) is 6.07 Å². The highest BCUT2D eigenvalue weighted by Gasteiger charge is 2.30. The molecular formula is C19H18F3NO6. The molecule has 0 bridgehead atoms. The topological polar surface area (TPSA) is 83.1 Å². The lowest BCUT2D eigenvalue weighted by molar-refractivity contribution is -0.149. The van der Waals surface area contributed by atoms with Gasteiger partial charge in [0.05, 0.1) is 25.5 Å². The molecule has 2 aromatic carbocycles. The van der Waals surface area contributed by atoms with Crippen LogP contribution in [0.25, 0.3) is 0 Å². The fraction of sp³-hybridized carbons (Fsp3) is 0.263. The van der Waals surface area contributed by atoms with Crippen molar-refractivity contribution in [3.05, 3.63) is 48.0 Å². The molecule has 0 heterocycles. The third-order valence-electron chi connectivity index (χ3n) is 3.57. The lowest BCUT2D eigenvalue weighted by Crippen LogP contribution is -2.24. The molecule has 0 aromatic heterocycles. The Balaban J connectivity index is 1.83. The molecule has 1 N–H and O–H groups in total. The first-order chi connectivity index (χ1) is 13.7. The van der Waals surface area contributed by atoms with Gasteiger partial charge in [0, 0.05) is 6.07 Å². The van der Waals surface area contributed by atoms with Crippen LogP contribution in [0.3, 0.4) is 0 Å². The summed E-state index contributed by atoms with van der Waals surface area (Å²) < 4.78 is 57.8. The van der Waals surface area contributed by atoms with Gasteiger partial charge in [-0.15, -0.1) is 0 Å². The number of ether oxygens (including phenoxy) is 4. The van der Waals surface area contributed by atoms with E-state index in [1.165, 1.54) is 20.3 Å². The van der Waals surface area contributed by atoms with Gasteiger partial charge in [0.1, 0.15) is 17.2 Å². The van der Waals surface area contributed by atoms with Crippen molar-refractivity contribution in [2.45, 2.75) is 6.18 Å². The maximum atomic E-state index is 12.6. The smallest absolute Gasteiger partial charge is 0.416 e. The van der Waals surface area contributed by atoms with E-state index in [1.54, 1.807) is 18.2 Å². The Kier molecular flexibility index (Phi) is 7.29. The molecule has 10 heteroatoms. The number of benzene rings is 2. The van der Waals surface area contributed by atoms with Crippen LogP contribution in [0.4, 0.5) is 18.9 Å². The Bertz CT molecular complexity index is 869. The molecule has 2 aromatic rings. The second-order valence-corrected chi connectivity index (χ2v) is 5.59. The third-order valence-corrected chi connectivity index (χ3v) is 3.57. The van der Waals surface area contributed by atoms with Crippen molar-refractivity contribution >= 4 is 17.6 Å². The second kappa shape index (κ2) is 9.67. The maximum absolute atomic E-state index is 12.6. The minimum Gasteiger partial charge on any atom is -0.497 e. The molecule has 0 aliphatic rings. The van der Waals surface area contributed by atoms with Gasteiger partial charge in [-0.25, -0.2) is 4.79 Å². The van der Waals surface area contributed by atoms with Crippen molar-refractivity contribution in [2.24, 2.45) is 0 Å². The van der Waals surface area contributed by atoms with Crippen molar-refractivity contribution in [1.82, 2.24) is 0 Å². The molecule has 0 fully saturated rings. The summed E-state index contributed by atoms with van der Waals surface area (Å²) in [7, 11) is 2.89. The number of hydrogen-bond donors (Lipinski definition) is 1. The van der Waals surface area contributed by atoms with E-state index >= 15 is 0 Å². The Morgan fingerprint density at radius 2 is 1.72 bits per heavy atom. The number of hydrogen-bond acceptors (Lipinski definition) is 6. The summed E-state index contributed by atoms with van der Waals surface area (Å²) in [5.41, 5.74) is -0.564. The van der Waals surface area contributed by atoms with E-state index < -0.39 is 36.8 Å². The molecule has 156 valence electrons. The normalized spacial score (nSPS) is 10.8. The van der Waals surface area contributed by atoms with Crippen molar-refractivity contribution in [3.63, 3.8) is 0 Å². The summed E-state index contributed by atoms with van der Waals surface area (Å²) in [6.07, 6.45) is -4.53. The van der Waals surface area contributed by atoms with Gasteiger partial charge >= 0.3 is 12.1 Å². The number of anilines is 1. The number of carbonyl (C=O) groups excluding carboxylic acids is 2.